The molecule has 1 N–H and O–H groups in total. The van der Waals surface area contributed by atoms with Crippen LogP contribution in [-0.4, -0.2) is 67.6 Å². The Morgan fingerprint density at radius 1 is 0.800 bits per heavy atom. The van der Waals surface area contributed by atoms with Gasteiger partial charge in [-0.15, -0.1) is 0 Å². The van der Waals surface area contributed by atoms with Gasteiger partial charge in [-0.25, -0.2) is 0 Å². The second-order valence-corrected chi connectivity index (χ2v) is 4.83. The highest BCUT2D eigenvalue weighted by molar-refractivity contribution is 5.50. The summed E-state index contributed by atoms with van der Waals surface area (Å²) in [7, 11) is 0. The molecule has 0 aromatic rings. The van der Waals surface area contributed by atoms with Crippen molar-refractivity contribution in [3.8, 4) is 0 Å². The number of hydrogen-bond acceptors (Lipinski definition) is 8. The first-order valence-electron chi connectivity index (χ1n) is 6.52. The third-order valence-electron chi connectivity index (χ3n) is 3.56. The van der Waals surface area contributed by atoms with Gasteiger partial charge in [0.2, 0.25) is 0 Å². The van der Waals surface area contributed by atoms with Crippen LogP contribution in [0.15, 0.2) is 0 Å². The smallest absolute Gasteiger partial charge is 0.190 e. The molecule has 3 saturated heterocycles. The Hall–Kier alpha value is -0.900. The molecule has 20 heavy (non-hydrogen) atoms. The van der Waals surface area contributed by atoms with Crippen molar-refractivity contribution < 1.29 is 38.4 Å². The minimum absolute atomic E-state index is 0.0652. The zero-order chi connectivity index (χ0) is 14.1. The third kappa shape index (κ3) is 2.39. The van der Waals surface area contributed by atoms with Crippen molar-refractivity contribution in [1.82, 2.24) is 0 Å². The maximum absolute atomic E-state index is 10.6. The predicted octanol–water partition coefficient (Wildman–Crippen LogP) is -1.27. The highest BCUT2D eigenvalue weighted by Crippen LogP contribution is 2.39. The van der Waals surface area contributed by atoms with Crippen LogP contribution in [0.2, 0.25) is 0 Å². The molecule has 7 atom stereocenters. The Morgan fingerprint density at radius 2 is 1.45 bits per heavy atom. The minimum atomic E-state index is -0.734. The highest BCUT2D eigenvalue weighted by Gasteiger charge is 2.58. The largest absolute Gasteiger partial charge is 0.394 e. The third-order valence-corrected chi connectivity index (χ3v) is 3.56. The van der Waals surface area contributed by atoms with Gasteiger partial charge in [-0.2, -0.15) is 0 Å². The maximum atomic E-state index is 10.6. The number of hydrogen-bond donors (Lipinski definition) is 1. The Morgan fingerprint density at radius 3 is 2.10 bits per heavy atom. The van der Waals surface area contributed by atoms with E-state index in [9.17, 15) is 14.7 Å². The number of fused-ring (bicyclic) bond motifs is 3. The fraction of sp³-hybridized carbons (Fsp3) is 0.833. The van der Waals surface area contributed by atoms with Crippen molar-refractivity contribution in [1.29, 1.82) is 0 Å². The quantitative estimate of drug-likeness (QED) is 0.625. The first-order valence-corrected chi connectivity index (χ1v) is 6.52. The van der Waals surface area contributed by atoms with E-state index in [4.69, 9.17) is 23.7 Å². The highest BCUT2D eigenvalue weighted by atomic mass is 16.8. The summed E-state index contributed by atoms with van der Waals surface area (Å²) >= 11 is 0. The Bertz CT molecular complexity index is 374. The Labute approximate surface area is 114 Å². The van der Waals surface area contributed by atoms with Crippen LogP contribution >= 0.6 is 0 Å². The van der Waals surface area contributed by atoms with Crippen LogP contribution in [0, 0.1) is 0 Å². The first kappa shape index (κ1) is 14.1. The van der Waals surface area contributed by atoms with Crippen LogP contribution in [-0.2, 0) is 33.3 Å². The molecule has 0 amide bonds. The predicted molar refractivity (Wildman–Crippen MR) is 60.4 cm³/mol. The molecule has 0 aromatic carbocycles. The molecule has 3 rings (SSSR count). The van der Waals surface area contributed by atoms with Gasteiger partial charge in [0.15, 0.2) is 18.9 Å². The summed E-state index contributed by atoms with van der Waals surface area (Å²) in [6.45, 7) is -0.253. The average Bonchev–Trinajstić information content (AvgIpc) is 2.96. The molecule has 0 bridgehead atoms. The van der Waals surface area contributed by atoms with Crippen molar-refractivity contribution in [3.05, 3.63) is 0 Å². The molecule has 0 aromatic heterocycles. The minimum Gasteiger partial charge on any atom is -0.394 e. The number of ether oxygens (including phenoxy) is 5. The van der Waals surface area contributed by atoms with Gasteiger partial charge in [0, 0.05) is 0 Å². The molecule has 3 fully saturated rings. The molecule has 0 spiro atoms. The van der Waals surface area contributed by atoms with Crippen LogP contribution in [0.3, 0.4) is 0 Å². The lowest BCUT2D eigenvalue weighted by molar-refractivity contribution is -0.299. The van der Waals surface area contributed by atoms with Crippen molar-refractivity contribution >= 4 is 12.6 Å². The van der Waals surface area contributed by atoms with Gasteiger partial charge in [-0.1, -0.05) is 0 Å². The fourth-order valence-electron chi connectivity index (χ4n) is 2.72. The number of aliphatic hydroxyl groups excluding tert-OH is 1. The molecule has 7 unspecified atom stereocenters. The second-order valence-electron chi connectivity index (χ2n) is 4.83. The lowest BCUT2D eigenvalue weighted by Crippen LogP contribution is -2.52. The molecule has 8 heteroatoms. The molecule has 0 radical (unpaired) electrons. The molecule has 3 aliphatic heterocycles. The molecular formula is C12H16O8. The van der Waals surface area contributed by atoms with Gasteiger partial charge in [0.1, 0.15) is 37.0 Å². The summed E-state index contributed by atoms with van der Waals surface area (Å²) in [4.78, 5) is 21.1. The van der Waals surface area contributed by atoms with E-state index in [0.717, 1.165) is 0 Å². The van der Waals surface area contributed by atoms with Crippen molar-refractivity contribution in [2.45, 2.75) is 56.1 Å². The number of carbonyl (C=O) groups excluding carboxylic acids is 2. The summed E-state index contributed by atoms with van der Waals surface area (Å²) in [5, 5.41) is 9.35. The van der Waals surface area contributed by atoms with E-state index < -0.39 is 43.3 Å². The maximum Gasteiger partial charge on any atom is 0.190 e. The molecule has 0 saturated carbocycles. The van der Waals surface area contributed by atoms with Crippen molar-refractivity contribution in [2.24, 2.45) is 0 Å². The zero-order valence-electron chi connectivity index (χ0n) is 10.6. The summed E-state index contributed by atoms with van der Waals surface area (Å²) < 4.78 is 27.7. The van der Waals surface area contributed by atoms with E-state index in [1.165, 1.54) is 0 Å². The van der Waals surface area contributed by atoms with Crippen molar-refractivity contribution in [3.63, 3.8) is 0 Å². The van der Waals surface area contributed by atoms with Gasteiger partial charge in [0.25, 0.3) is 0 Å². The summed E-state index contributed by atoms with van der Waals surface area (Å²) in [5.74, 6) is 0. The second kappa shape index (κ2) is 5.84. The van der Waals surface area contributed by atoms with Crippen molar-refractivity contribution in [2.75, 3.05) is 6.61 Å². The molecule has 0 aliphatic carbocycles. The fourth-order valence-corrected chi connectivity index (χ4v) is 2.72. The van der Waals surface area contributed by atoms with Gasteiger partial charge < -0.3 is 38.4 Å². The molecule has 112 valence electrons. The van der Waals surface area contributed by atoms with Gasteiger partial charge in [-0.05, 0) is 0 Å². The van der Waals surface area contributed by atoms with Gasteiger partial charge in [0.05, 0.1) is 19.4 Å². The zero-order valence-corrected chi connectivity index (χ0v) is 10.6. The molecule has 3 aliphatic rings. The van der Waals surface area contributed by atoms with Crippen LogP contribution in [0.25, 0.3) is 0 Å². The number of aliphatic hydroxyl groups is 1. The topological polar surface area (TPSA) is 101 Å². The molecule has 8 nitrogen and oxygen atoms in total. The Kier molecular flexibility index (Phi) is 4.11. The van der Waals surface area contributed by atoms with Crippen LogP contribution < -0.4 is 0 Å². The standard InChI is InChI=1S/C12H16O8/c13-3-1-7-16-6(5-15)9-10(17-7)11-12(20-9)19-8(18-11)2-4-14/h3-4,6-12,15H,1-2,5H2. The lowest BCUT2D eigenvalue weighted by atomic mass is 10.0. The van der Waals surface area contributed by atoms with E-state index >= 15 is 0 Å². The summed E-state index contributed by atoms with van der Waals surface area (Å²) in [6.07, 6.45) is -2.55. The number of rotatable bonds is 5. The van der Waals surface area contributed by atoms with E-state index in [2.05, 4.69) is 0 Å². The van der Waals surface area contributed by atoms with Gasteiger partial charge >= 0.3 is 0 Å². The van der Waals surface area contributed by atoms with E-state index in [1.54, 1.807) is 0 Å². The van der Waals surface area contributed by atoms with Crippen LogP contribution in [0.4, 0.5) is 0 Å². The summed E-state index contributed by atoms with van der Waals surface area (Å²) in [5.41, 5.74) is 0. The van der Waals surface area contributed by atoms with E-state index in [-0.39, 0.29) is 19.4 Å². The van der Waals surface area contributed by atoms with E-state index in [0.29, 0.717) is 12.6 Å². The van der Waals surface area contributed by atoms with Crippen LogP contribution in [0.1, 0.15) is 12.8 Å². The number of aldehydes is 2. The molecule has 3 heterocycles. The summed E-state index contributed by atoms with van der Waals surface area (Å²) in [6, 6.07) is 0. The monoisotopic (exact) mass is 288 g/mol. The Balaban J connectivity index is 1.71. The average molecular weight is 288 g/mol. The van der Waals surface area contributed by atoms with Gasteiger partial charge in [-0.3, -0.25) is 0 Å². The number of carbonyl (C=O) groups is 2. The SMILES string of the molecule is O=CCC1OC2OC3C(CO)OC(CC=O)OC3C2O1. The van der Waals surface area contributed by atoms with Crippen LogP contribution in [0.5, 0.6) is 0 Å². The molecular weight excluding hydrogens is 272 g/mol. The first-order chi connectivity index (χ1) is 9.76. The lowest BCUT2D eigenvalue weighted by Gasteiger charge is -2.37. The van der Waals surface area contributed by atoms with E-state index in [1.807, 2.05) is 0 Å². The normalized spacial score (nSPS) is 46.8.